The maximum absolute atomic E-state index is 2.60. The van der Waals surface area contributed by atoms with Crippen molar-refractivity contribution >= 4 is 0 Å². The fourth-order valence-corrected chi connectivity index (χ4v) is 3.14. The third kappa shape index (κ3) is 1.81. The van der Waals surface area contributed by atoms with Crippen molar-refractivity contribution in [3.63, 3.8) is 0 Å². The summed E-state index contributed by atoms with van der Waals surface area (Å²) in [6, 6.07) is 2.46. The average molecular weight is 219 g/mol. The second-order valence-corrected chi connectivity index (χ2v) is 6.19. The van der Waals surface area contributed by atoms with Crippen LogP contribution in [0.2, 0.25) is 0 Å². The second kappa shape index (κ2) is 3.94. The van der Waals surface area contributed by atoms with Crippen molar-refractivity contribution in [1.29, 1.82) is 0 Å². The van der Waals surface area contributed by atoms with Crippen molar-refractivity contribution < 1.29 is 0 Å². The minimum absolute atomic E-state index is 0.232. The molecule has 0 amide bonds. The predicted molar refractivity (Wildman–Crippen MR) is 70.2 cm³/mol. The van der Waals surface area contributed by atoms with Gasteiger partial charge < -0.3 is 4.57 Å². The number of aryl methyl sites for hydroxylation is 1. The van der Waals surface area contributed by atoms with E-state index in [0.717, 1.165) is 12.3 Å². The highest BCUT2D eigenvalue weighted by molar-refractivity contribution is 5.34. The Morgan fingerprint density at radius 2 is 2.06 bits per heavy atom. The number of nitrogens with zero attached hydrogens (tertiary/aromatic N) is 1. The minimum atomic E-state index is 0.232. The highest BCUT2D eigenvalue weighted by atomic mass is 15.1. The van der Waals surface area contributed by atoms with Crippen LogP contribution in [0.25, 0.3) is 0 Å². The number of aromatic nitrogens is 1. The predicted octanol–water partition coefficient (Wildman–Crippen LogP) is 4.25. The lowest BCUT2D eigenvalue weighted by Crippen LogP contribution is -2.27. The molecule has 1 aliphatic rings. The summed E-state index contributed by atoms with van der Waals surface area (Å²) in [6.07, 6.45) is 5.15. The molecular formula is C15H25N. The first-order chi connectivity index (χ1) is 7.45. The van der Waals surface area contributed by atoms with Crippen LogP contribution in [0.5, 0.6) is 0 Å². The molecule has 1 atom stereocenters. The van der Waals surface area contributed by atoms with E-state index in [1.165, 1.54) is 25.0 Å². The summed E-state index contributed by atoms with van der Waals surface area (Å²) >= 11 is 0. The van der Waals surface area contributed by atoms with Crippen LogP contribution in [-0.4, -0.2) is 4.57 Å². The molecular weight excluding hydrogens is 194 g/mol. The molecule has 1 aromatic heterocycles. The molecule has 2 rings (SSSR count). The fourth-order valence-electron chi connectivity index (χ4n) is 3.14. The molecule has 0 N–H and O–H groups in total. The molecule has 90 valence electrons. The Morgan fingerprint density at radius 1 is 1.38 bits per heavy atom. The Labute approximate surface area is 99.9 Å². The lowest BCUT2D eigenvalue weighted by Gasteiger charge is -2.30. The van der Waals surface area contributed by atoms with Crippen molar-refractivity contribution in [2.75, 3.05) is 0 Å². The lowest BCUT2D eigenvalue weighted by atomic mass is 9.88. The average Bonchev–Trinajstić information content (AvgIpc) is 2.57. The number of rotatable bonds is 1. The van der Waals surface area contributed by atoms with Gasteiger partial charge in [-0.05, 0) is 64.0 Å². The summed E-state index contributed by atoms with van der Waals surface area (Å²) in [5.41, 5.74) is 4.99. The molecule has 0 aliphatic heterocycles. The van der Waals surface area contributed by atoms with Crippen molar-refractivity contribution in [2.45, 2.75) is 71.8 Å². The molecule has 0 fully saturated rings. The van der Waals surface area contributed by atoms with Crippen LogP contribution in [0.15, 0.2) is 6.07 Å². The van der Waals surface area contributed by atoms with E-state index in [1.54, 1.807) is 11.3 Å². The zero-order valence-electron chi connectivity index (χ0n) is 11.4. The van der Waals surface area contributed by atoms with E-state index < -0.39 is 0 Å². The topological polar surface area (TPSA) is 4.93 Å². The van der Waals surface area contributed by atoms with Crippen molar-refractivity contribution in [1.82, 2.24) is 4.57 Å². The first-order valence-corrected chi connectivity index (χ1v) is 6.69. The second-order valence-electron chi connectivity index (χ2n) is 6.19. The number of hydrogen-bond donors (Lipinski definition) is 0. The van der Waals surface area contributed by atoms with Gasteiger partial charge in [0.15, 0.2) is 0 Å². The van der Waals surface area contributed by atoms with E-state index in [-0.39, 0.29) is 5.54 Å². The molecule has 0 radical (unpaired) electrons. The van der Waals surface area contributed by atoms with Crippen molar-refractivity contribution in [2.24, 2.45) is 0 Å². The summed E-state index contributed by atoms with van der Waals surface area (Å²) in [4.78, 5) is 0. The lowest BCUT2D eigenvalue weighted by molar-refractivity contribution is 0.367. The molecule has 0 bridgehead atoms. The Bertz CT molecular complexity index is 379. The summed E-state index contributed by atoms with van der Waals surface area (Å²) < 4.78 is 2.60. The van der Waals surface area contributed by atoms with E-state index in [4.69, 9.17) is 0 Å². The van der Waals surface area contributed by atoms with Gasteiger partial charge in [0.1, 0.15) is 0 Å². The van der Waals surface area contributed by atoms with Gasteiger partial charge in [-0.25, -0.2) is 0 Å². The van der Waals surface area contributed by atoms with Gasteiger partial charge in [0, 0.05) is 16.9 Å². The first kappa shape index (κ1) is 11.8. The van der Waals surface area contributed by atoms with Gasteiger partial charge in [-0.2, -0.15) is 0 Å². The zero-order valence-corrected chi connectivity index (χ0v) is 11.4. The molecule has 1 aromatic rings. The van der Waals surface area contributed by atoms with Crippen LogP contribution in [0, 0.1) is 0 Å². The smallest absolute Gasteiger partial charge is 0.0361 e. The van der Waals surface area contributed by atoms with E-state index in [1.807, 2.05) is 0 Å². The van der Waals surface area contributed by atoms with Gasteiger partial charge in [0.05, 0.1) is 0 Å². The molecule has 0 aromatic carbocycles. The van der Waals surface area contributed by atoms with E-state index in [9.17, 15) is 0 Å². The van der Waals surface area contributed by atoms with Crippen LogP contribution in [-0.2, 0) is 18.4 Å². The molecule has 1 unspecified atom stereocenters. The third-order valence-electron chi connectivity index (χ3n) is 3.83. The van der Waals surface area contributed by atoms with Crippen LogP contribution in [0.4, 0.5) is 0 Å². The number of fused-ring (bicyclic) bond motifs is 1. The molecule has 0 saturated heterocycles. The molecule has 0 spiro atoms. The Hall–Kier alpha value is -0.720. The molecule has 1 nitrogen and oxygen atoms in total. The Balaban J connectivity index is 2.58. The van der Waals surface area contributed by atoms with Gasteiger partial charge >= 0.3 is 0 Å². The van der Waals surface area contributed by atoms with Gasteiger partial charge in [-0.3, -0.25) is 0 Å². The van der Waals surface area contributed by atoms with Crippen LogP contribution >= 0.6 is 0 Å². The van der Waals surface area contributed by atoms with Crippen molar-refractivity contribution in [3.8, 4) is 0 Å². The number of hydrogen-bond acceptors (Lipinski definition) is 0. The Morgan fingerprint density at radius 3 is 2.62 bits per heavy atom. The molecule has 16 heavy (non-hydrogen) atoms. The maximum Gasteiger partial charge on any atom is 0.0361 e. The van der Waals surface area contributed by atoms with E-state index in [0.29, 0.717) is 0 Å². The normalized spacial score (nSPS) is 20.9. The van der Waals surface area contributed by atoms with Gasteiger partial charge in [-0.1, -0.05) is 13.8 Å². The summed E-state index contributed by atoms with van der Waals surface area (Å²) in [7, 11) is 0. The minimum Gasteiger partial charge on any atom is -0.343 e. The highest BCUT2D eigenvalue weighted by Crippen LogP contribution is 2.36. The monoisotopic (exact) mass is 219 g/mol. The van der Waals surface area contributed by atoms with Crippen LogP contribution in [0.1, 0.15) is 70.3 Å². The standard InChI is InChI=1S/C15H25N/c1-6-12-10-13-11(2)8-7-9-14(13)16(12)15(3,4)5/h10-11H,6-9H2,1-5H3. The summed E-state index contributed by atoms with van der Waals surface area (Å²) in [6.45, 7) is 11.6. The van der Waals surface area contributed by atoms with Crippen LogP contribution < -0.4 is 0 Å². The quantitative estimate of drug-likeness (QED) is 0.665. The fraction of sp³-hybridized carbons (Fsp3) is 0.733. The van der Waals surface area contributed by atoms with Gasteiger partial charge in [0.2, 0.25) is 0 Å². The zero-order chi connectivity index (χ0) is 11.9. The van der Waals surface area contributed by atoms with Crippen molar-refractivity contribution in [3.05, 3.63) is 23.0 Å². The van der Waals surface area contributed by atoms with Gasteiger partial charge in [-0.15, -0.1) is 0 Å². The first-order valence-electron chi connectivity index (χ1n) is 6.69. The largest absolute Gasteiger partial charge is 0.343 e. The molecule has 1 heterocycles. The molecule has 1 heteroatoms. The Kier molecular flexibility index (Phi) is 2.90. The van der Waals surface area contributed by atoms with Gasteiger partial charge in [0.25, 0.3) is 0 Å². The molecule has 0 saturated carbocycles. The van der Waals surface area contributed by atoms with Crippen LogP contribution in [0.3, 0.4) is 0 Å². The maximum atomic E-state index is 2.60. The SMILES string of the molecule is CCc1cc2c(n1C(C)(C)C)CCCC2C. The van der Waals surface area contributed by atoms with E-state index >= 15 is 0 Å². The molecule has 1 aliphatic carbocycles. The summed E-state index contributed by atoms with van der Waals surface area (Å²) in [5.74, 6) is 0.762. The summed E-state index contributed by atoms with van der Waals surface area (Å²) in [5, 5.41) is 0. The third-order valence-corrected chi connectivity index (χ3v) is 3.83. The highest BCUT2D eigenvalue weighted by Gasteiger charge is 2.27. The van der Waals surface area contributed by atoms with E-state index in [2.05, 4.69) is 45.3 Å².